The average molecular weight is 1030 g/mol. The summed E-state index contributed by atoms with van der Waals surface area (Å²) in [7, 11) is 0. The Bertz CT molecular complexity index is 4130. The molecule has 0 N–H and O–H groups in total. The van der Waals surface area contributed by atoms with E-state index in [1.807, 2.05) is 76.3 Å². The summed E-state index contributed by atoms with van der Waals surface area (Å²) in [6.45, 7) is 17.0. The van der Waals surface area contributed by atoms with Gasteiger partial charge in [0.25, 0.3) is 0 Å². The van der Waals surface area contributed by atoms with Crippen molar-refractivity contribution in [1.82, 2.24) is 24.1 Å². The Hall–Kier alpha value is -9.59. The van der Waals surface area contributed by atoms with Gasteiger partial charge in [-0.1, -0.05) is 173 Å². The number of ether oxygens (including phenoxy) is 1. The lowest BCUT2D eigenvalue weighted by Crippen LogP contribution is -2.05. The Morgan fingerprint density at radius 3 is 2.44 bits per heavy atom. The van der Waals surface area contributed by atoms with Gasteiger partial charge in [-0.15, -0.1) is 0 Å². The molecule has 0 saturated heterocycles. The van der Waals surface area contributed by atoms with Crippen molar-refractivity contribution in [2.45, 2.75) is 52.9 Å². The Morgan fingerprint density at radius 1 is 0.709 bits per heavy atom. The predicted octanol–water partition coefficient (Wildman–Crippen LogP) is 19.0. The van der Waals surface area contributed by atoms with Crippen molar-refractivity contribution < 1.29 is 9.15 Å². The van der Waals surface area contributed by atoms with E-state index in [1.54, 1.807) is 6.08 Å². The molecule has 0 saturated carbocycles. The van der Waals surface area contributed by atoms with E-state index in [2.05, 4.69) is 199 Å². The number of rotatable bonds is 10. The van der Waals surface area contributed by atoms with Gasteiger partial charge in [-0.25, -0.2) is 15.0 Å². The lowest BCUT2D eigenvalue weighted by molar-refractivity contribution is 0.259. The molecule has 388 valence electrons. The number of allylic oxidation sites excluding steroid dienone is 21. The van der Waals surface area contributed by atoms with E-state index in [4.69, 9.17) is 24.1 Å². The van der Waals surface area contributed by atoms with Crippen LogP contribution in [0, 0.1) is 0 Å². The van der Waals surface area contributed by atoms with E-state index in [-0.39, 0.29) is 5.92 Å². The van der Waals surface area contributed by atoms with Crippen LogP contribution in [-0.4, -0.2) is 30.7 Å². The molecule has 3 aromatic carbocycles. The fraction of sp³-hybridized carbons (Fsp3) is 0.125. The zero-order valence-corrected chi connectivity index (χ0v) is 45.3. The third-order valence-corrected chi connectivity index (χ3v) is 14.4. The fourth-order valence-corrected chi connectivity index (χ4v) is 10.7. The number of aromatic nitrogens is 5. The molecule has 12 rings (SSSR count). The van der Waals surface area contributed by atoms with Gasteiger partial charge in [0.05, 0.1) is 33.8 Å². The summed E-state index contributed by atoms with van der Waals surface area (Å²) >= 11 is 0. The van der Waals surface area contributed by atoms with Crippen molar-refractivity contribution >= 4 is 68.7 Å². The molecule has 1 aliphatic heterocycles. The highest BCUT2D eigenvalue weighted by molar-refractivity contribution is 6.14. The highest BCUT2D eigenvalue weighted by Crippen LogP contribution is 2.42. The second-order valence-electron chi connectivity index (χ2n) is 19.3. The van der Waals surface area contributed by atoms with Crippen LogP contribution in [0.3, 0.4) is 0 Å². The van der Waals surface area contributed by atoms with E-state index >= 15 is 0 Å². The maximum absolute atomic E-state index is 6.32. The smallest absolute Gasteiger partial charge is 0.161 e. The van der Waals surface area contributed by atoms with Crippen LogP contribution in [-0.2, 0) is 4.74 Å². The van der Waals surface area contributed by atoms with Crippen molar-refractivity contribution in [3.05, 3.63) is 270 Å². The van der Waals surface area contributed by atoms with Crippen LogP contribution in [0.15, 0.2) is 235 Å². The Balaban J connectivity index is 0.00000326. The Labute approximate surface area is 463 Å². The second-order valence-corrected chi connectivity index (χ2v) is 19.3. The molecule has 4 aliphatic rings. The van der Waals surface area contributed by atoms with Crippen LogP contribution in [0.2, 0.25) is 0 Å². The average Bonchev–Trinajstić information content (AvgIpc) is 4.12. The second kappa shape index (κ2) is 23.3. The number of furan rings is 1. The molecule has 0 fully saturated rings. The highest BCUT2D eigenvalue weighted by Gasteiger charge is 2.25. The van der Waals surface area contributed by atoms with Crippen LogP contribution in [0.25, 0.3) is 103 Å². The predicted molar refractivity (Wildman–Crippen MR) is 334 cm³/mol. The maximum atomic E-state index is 6.32. The first-order valence-corrected chi connectivity index (χ1v) is 27.4. The lowest BCUT2D eigenvalue weighted by Gasteiger charge is -2.14. The highest BCUT2D eigenvalue weighted by atomic mass is 16.5. The summed E-state index contributed by atoms with van der Waals surface area (Å²) in [6, 6.07) is 28.0. The summed E-state index contributed by atoms with van der Waals surface area (Å²) in [5.41, 5.74) is 15.9. The van der Waals surface area contributed by atoms with Crippen molar-refractivity contribution in [2.75, 3.05) is 6.61 Å². The normalized spacial score (nSPS) is 18.1. The van der Waals surface area contributed by atoms with Crippen molar-refractivity contribution in [3.8, 4) is 34.2 Å². The van der Waals surface area contributed by atoms with Gasteiger partial charge >= 0.3 is 0 Å². The Kier molecular flexibility index (Phi) is 15.2. The van der Waals surface area contributed by atoms with E-state index in [0.29, 0.717) is 12.4 Å². The van der Waals surface area contributed by atoms with Crippen molar-refractivity contribution in [1.29, 1.82) is 0 Å². The topological polar surface area (TPSA) is 70.9 Å². The van der Waals surface area contributed by atoms with Gasteiger partial charge in [0.2, 0.25) is 0 Å². The molecule has 0 spiro atoms. The SMILES string of the molecule is C=Cc1oc2ccc(-c3nc(C4C=CC5=C(C=C4)C(=C)/C=C\C=C/CO5)cc(-n4cc(/C=C\C=C/C)c5ccc6c(c7c(n6-c6cccc(-c8cccc(/C9=C/C/C=C\C=CC9)n8)c6)C=CCC=C7)c54)n3)cc2c1/C=C\C.CC. The summed E-state index contributed by atoms with van der Waals surface area (Å²) < 4.78 is 17.3. The molecule has 0 radical (unpaired) electrons. The van der Waals surface area contributed by atoms with Crippen LogP contribution in [0.1, 0.15) is 92.4 Å². The molecule has 0 amide bonds. The molecule has 1 atom stereocenters. The zero-order chi connectivity index (χ0) is 54.2. The molecule has 8 aromatic rings. The largest absolute Gasteiger partial charge is 0.489 e. The first-order chi connectivity index (χ1) is 39.0. The van der Waals surface area contributed by atoms with Crippen LogP contribution < -0.4 is 0 Å². The molecule has 0 bridgehead atoms. The van der Waals surface area contributed by atoms with E-state index in [9.17, 15) is 0 Å². The third kappa shape index (κ3) is 10.3. The van der Waals surface area contributed by atoms with E-state index in [0.717, 1.165) is 137 Å². The zero-order valence-electron chi connectivity index (χ0n) is 45.3. The van der Waals surface area contributed by atoms with Gasteiger partial charge in [0, 0.05) is 73.4 Å². The fourth-order valence-electron chi connectivity index (χ4n) is 10.7. The first-order valence-electron chi connectivity index (χ1n) is 27.4. The maximum Gasteiger partial charge on any atom is 0.161 e. The number of fused-ring (bicyclic) bond motifs is 6. The lowest BCUT2D eigenvalue weighted by atomic mass is 10.0. The van der Waals surface area contributed by atoms with Crippen LogP contribution in [0.4, 0.5) is 0 Å². The number of hydrogen-bond donors (Lipinski definition) is 0. The summed E-state index contributed by atoms with van der Waals surface area (Å²) in [6.07, 6.45) is 55.5. The molecule has 1 unspecified atom stereocenters. The standard InChI is InChI=1S/C70H57N5O2.C2H6/c1-5-8-14-27-52-46-74(67-45-61(49-34-37-54-47(4)24-15-13-20-42-76-65(54)40-35-49)72-70(73-67)51-36-41-66-58(44-51)56(23-6-2)64(7-3)77-66)69-55(52)38-39-63-68(69)57-30-18-12-19-33-62(57)75(63)53-29-21-28-50(43-53)60-32-22-31-59(71-60)48-25-16-10-9-11-17-26-48;1-2/h5-11,13-16,18-24,26-41,43-46,49H,3-4,12,17,25,42H2,1-2H3;1-2H3/b8-5-,11-9-,16-10?,20-13-,23-6-,24-15-,27-14-,48-26+;. The minimum absolute atomic E-state index is 0.239. The first kappa shape index (κ1) is 51.5. The van der Waals surface area contributed by atoms with Gasteiger partial charge in [-0.2, -0.15) is 0 Å². The Morgan fingerprint density at radius 2 is 1.56 bits per heavy atom. The van der Waals surface area contributed by atoms with E-state index in [1.165, 1.54) is 5.57 Å². The minimum Gasteiger partial charge on any atom is -0.489 e. The summed E-state index contributed by atoms with van der Waals surface area (Å²) in [5.74, 6) is 2.56. The quantitative estimate of drug-likeness (QED) is 0.128. The molecule has 3 aliphatic carbocycles. The minimum atomic E-state index is -0.239. The van der Waals surface area contributed by atoms with Crippen molar-refractivity contribution in [2.24, 2.45) is 0 Å². The monoisotopic (exact) mass is 1030 g/mol. The van der Waals surface area contributed by atoms with E-state index < -0.39 is 0 Å². The number of hydrogen-bond acceptors (Lipinski definition) is 5. The molecule has 6 heterocycles. The molecule has 7 heteroatoms. The van der Waals surface area contributed by atoms with Crippen LogP contribution in [0.5, 0.6) is 0 Å². The van der Waals surface area contributed by atoms with Gasteiger partial charge in [-0.05, 0) is 117 Å². The van der Waals surface area contributed by atoms with Gasteiger partial charge < -0.3 is 13.7 Å². The number of nitrogens with zero attached hydrogens (tertiary/aromatic N) is 5. The van der Waals surface area contributed by atoms with Crippen LogP contribution >= 0.6 is 0 Å². The van der Waals surface area contributed by atoms with Gasteiger partial charge in [0.1, 0.15) is 29.5 Å². The molecule has 7 nitrogen and oxygen atoms in total. The summed E-state index contributed by atoms with van der Waals surface area (Å²) in [4.78, 5) is 16.3. The van der Waals surface area contributed by atoms with Gasteiger partial charge in [-0.3, -0.25) is 4.57 Å². The van der Waals surface area contributed by atoms with Crippen molar-refractivity contribution in [3.63, 3.8) is 0 Å². The molecule has 5 aromatic heterocycles. The molecular weight excluding hydrogens is 967 g/mol. The summed E-state index contributed by atoms with van der Waals surface area (Å²) in [5, 5.41) is 3.18. The molecule has 79 heavy (non-hydrogen) atoms. The number of pyridine rings is 1. The molecular formula is C72H63N5O2. The third-order valence-electron chi connectivity index (χ3n) is 14.4. The number of benzene rings is 3. The van der Waals surface area contributed by atoms with Gasteiger partial charge in [0.15, 0.2) is 5.82 Å².